The molecule has 0 aliphatic carbocycles. The first-order valence-electron chi connectivity index (χ1n) is 9.46. The van der Waals surface area contributed by atoms with Crippen LogP contribution in [0.1, 0.15) is 52.7 Å². The van der Waals surface area contributed by atoms with Gasteiger partial charge in [-0.15, -0.1) is 0 Å². The molecule has 0 radical (unpaired) electrons. The summed E-state index contributed by atoms with van der Waals surface area (Å²) in [4.78, 5) is 8.90. The minimum absolute atomic E-state index is 0.138. The van der Waals surface area contributed by atoms with Gasteiger partial charge in [-0.3, -0.25) is 0 Å². The number of hydrogen-bond acceptors (Lipinski definition) is 7. The van der Waals surface area contributed by atoms with Crippen molar-refractivity contribution in [1.82, 2.24) is 9.97 Å². The summed E-state index contributed by atoms with van der Waals surface area (Å²) in [5, 5.41) is 21.9. The Labute approximate surface area is 186 Å². The number of aryl methyl sites for hydroxylation is 1. The molecule has 0 amide bonds. The third-order valence-corrected chi connectivity index (χ3v) is 6.47. The summed E-state index contributed by atoms with van der Waals surface area (Å²) in [6.45, 7) is 12.8. The van der Waals surface area contributed by atoms with Crippen LogP contribution in [0, 0.1) is 6.92 Å². The van der Waals surface area contributed by atoms with Crippen LogP contribution in [0.15, 0.2) is 27.7 Å². The van der Waals surface area contributed by atoms with Crippen LogP contribution in [0.25, 0.3) is 0 Å². The predicted molar refractivity (Wildman–Crippen MR) is 124 cm³/mol. The maximum Gasteiger partial charge on any atom is 0.238 e. The van der Waals surface area contributed by atoms with Gasteiger partial charge in [0.1, 0.15) is 5.82 Å². The number of hydrogen-bond donors (Lipinski definition) is 4. The molecule has 2 rings (SSSR count). The molecule has 1 aromatic heterocycles. The zero-order valence-corrected chi connectivity index (χ0v) is 20.7. The molecule has 5 N–H and O–H groups in total. The molecule has 0 spiro atoms. The normalized spacial score (nSPS) is 13.8. The topological polar surface area (TPSA) is 130 Å². The molecular formula is C20H30BrN5O3S. The summed E-state index contributed by atoms with van der Waals surface area (Å²) in [6, 6.07) is 3.19. The van der Waals surface area contributed by atoms with Crippen LogP contribution >= 0.6 is 15.9 Å². The number of aliphatic hydroxyl groups is 1. The number of nitrogens with one attached hydrogen (secondary N) is 2. The Balaban J connectivity index is 2.46. The molecule has 0 saturated heterocycles. The van der Waals surface area contributed by atoms with E-state index in [0.29, 0.717) is 33.1 Å². The molecule has 10 heteroatoms. The summed E-state index contributed by atoms with van der Waals surface area (Å²) in [7, 11) is -3.88. The second-order valence-corrected chi connectivity index (χ2v) is 11.4. The molecule has 0 fully saturated rings. The lowest BCUT2D eigenvalue weighted by atomic mass is 9.85. The van der Waals surface area contributed by atoms with Gasteiger partial charge in [0.2, 0.25) is 16.0 Å². The Kier molecular flexibility index (Phi) is 6.87. The van der Waals surface area contributed by atoms with Crippen molar-refractivity contribution in [2.45, 2.75) is 70.4 Å². The lowest BCUT2D eigenvalue weighted by Crippen LogP contribution is -2.39. The molecule has 1 heterocycles. The van der Waals surface area contributed by atoms with Crippen LogP contribution in [0.5, 0.6) is 0 Å². The van der Waals surface area contributed by atoms with Gasteiger partial charge in [0.15, 0.2) is 0 Å². The summed E-state index contributed by atoms with van der Waals surface area (Å²) >= 11 is 3.41. The van der Waals surface area contributed by atoms with Crippen molar-refractivity contribution in [2.75, 3.05) is 10.6 Å². The van der Waals surface area contributed by atoms with E-state index in [4.69, 9.17) is 5.14 Å². The first-order valence-corrected chi connectivity index (χ1v) is 11.8. The lowest BCUT2D eigenvalue weighted by Gasteiger charge is -2.27. The summed E-state index contributed by atoms with van der Waals surface area (Å²) in [5.74, 6) is 0.849. The number of nitrogens with two attached hydrogens (primary N) is 1. The molecule has 0 saturated carbocycles. The van der Waals surface area contributed by atoms with Crippen molar-refractivity contribution < 1.29 is 13.5 Å². The van der Waals surface area contributed by atoms with Gasteiger partial charge < -0.3 is 15.7 Å². The maximum absolute atomic E-state index is 12.2. The van der Waals surface area contributed by atoms with Crippen LogP contribution in [-0.4, -0.2) is 35.1 Å². The fourth-order valence-corrected chi connectivity index (χ4v) is 4.31. The van der Waals surface area contributed by atoms with E-state index in [9.17, 15) is 13.5 Å². The van der Waals surface area contributed by atoms with Crippen molar-refractivity contribution in [3.05, 3.63) is 33.9 Å². The minimum atomic E-state index is -3.88. The number of sulfonamides is 1. The summed E-state index contributed by atoms with van der Waals surface area (Å²) in [6.07, 6.45) is 1.60. The fourth-order valence-electron chi connectivity index (χ4n) is 2.82. The standard InChI is InChI=1S/C20H30BrN5O3S/c1-11-8-13(9-14(19(3,4)5)16(11)30(22,28)29)25-18-23-10-15(21)17(26-18)24-12(2)20(6,7)27/h8-10,12,27H,1-7H3,(H2,22,28,29)(H2,23,24,25,26)/t12-/m1/s1. The summed E-state index contributed by atoms with van der Waals surface area (Å²) < 4.78 is 25.0. The molecule has 30 heavy (non-hydrogen) atoms. The van der Waals surface area contributed by atoms with E-state index in [-0.39, 0.29) is 10.9 Å². The Hall–Kier alpha value is -1.75. The first-order chi connectivity index (χ1) is 13.5. The van der Waals surface area contributed by atoms with E-state index in [1.807, 2.05) is 27.7 Å². The van der Waals surface area contributed by atoms with Crippen LogP contribution in [0.2, 0.25) is 0 Å². The van der Waals surface area contributed by atoms with Gasteiger partial charge in [-0.25, -0.2) is 18.5 Å². The number of halogens is 1. The molecule has 1 aromatic carbocycles. The zero-order valence-electron chi connectivity index (χ0n) is 18.3. The largest absolute Gasteiger partial charge is 0.388 e. The molecule has 0 unspecified atom stereocenters. The van der Waals surface area contributed by atoms with Crippen LogP contribution in [0.3, 0.4) is 0 Å². The minimum Gasteiger partial charge on any atom is -0.388 e. The first kappa shape index (κ1) is 24.5. The second kappa shape index (κ2) is 8.41. The van der Waals surface area contributed by atoms with Gasteiger partial charge in [0, 0.05) is 11.9 Å². The van der Waals surface area contributed by atoms with E-state index in [1.165, 1.54) is 0 Å². The highest BCUT2D eigenvalue weighted by Crippen LogP contribution is 2.34. The number of anilines is 3. The van der Waals surface area contributed by atoms with Crippen LogP contribution in [0.4, 0.5) is 17.5 Å². The highest BCUT2D eigenvalue weighted by molar-refractivity contribution is 9.10. The van der Waals surface area contributed by atoms with Gasteiger partial charge >= 0.3 is 0 Å². The molecule has 1 atom stereocenters. The fraction of sp³-hybridized carbons (Fsp3) is 0.500. The van der Waals surface area contributed by atoms with E-state index in [0.717, 1.165) is 0 Å². The Morgan fingerprint density at radius 2 is 1.80 bits per heavy atom. The van der Waals surface area contributed by atoms with Crippen molar-refractivity contribution >= 4 is 43.4 Å². The van der Waals surface area contributed by atoms with Crippen LogP contribution in [-0.2, 0) is 15.4 Å². The third-order valence-electron chi connectivity index (χ3n) is 4.78. The molecule has 0 aliphatic heterocycles. The van der Waals surface area contributed by atoms with Crippen molar-refractivity contribution in [1.29, 1.82) is 0 Å². The van der Waals surface area contributed by atoms with Crippen molar-refractivity contribution in [2.24, 2.45) is 5.14 Å². The van der Waals surface area contributed by atoms with E-state index in [1.54, 1.807) is 39.1 Å². The molecule has 0 aliphatic rings. The van der Waals surface area contributed by atoms with Crippen molar-refractivity contribution in [3.8, 4) is 0 Å². The Bertz CT molecular complexity index is 1040. The van der Waals surface area contributed by atoms with E-state index in [2.05, 4.69) is 36.5 Å². The van der Waals surface area contributed by atoms with Gasteiger partial charge in [-0.05, 0) is 72.3 Å². The van der Waals surface area contributed by atoms with Crippen LogP contribution < -0.4 is 15.8 Å². The maximum atomic E-state index is 12.2. The zero-order chi connectivity index (χ0) is 23.1. The average molecular weight is 500 g/mol. The molecule has 2 aromatic rings. The quantitative estimate of drug-likeness (QED) is 0.475. The highest BCUT2D eigenvalue weighted by Gasteiger charge is 2.27. The lowest BCUT2D eigenvalue weighted by molar-refractivity contribution is 0.0647. The molecule has 166 valence electrons. The van der Waals surface area contributed by atoms with Crippen molar-refractivity contribution in [3.63, 3.8) is 0 Å². The van der Waals surface area contributed by atoms with E-state index < -0.39 is 21.0 Å². The van der Waals surface area contributed by atoms with E-state index >= 15 is 0 Å². The number of aromatic nitrogens is 2. The third kappa shape index (κ3) is 5.90. The Morgan fingerprint density at radius 3 is 2.30 bits per heavy atom. The smallest absolute Gasteiger partial charge is 0.238 e. The van der Waals surface area contributed by atoms with Gasteiger partial charge in [-0.2, -0.15) is 4.98 Å². The van der Waals surface area contributed by atoms with Gasteiger partial charge in [0.05, 0.1) is 21.0 Å². The highest BCUT2D eigenvalue weighted by atomic mass is 79.9. The number of primary sulfonamides is 1. The SMILES string of the molecule is Cc1cc(Nc2ncc(Br)c(N[C@H](C)C(C)(C)O)n2)cc(C(C)(C)C)c1S(N)(=O)=O. The molecule has 8 nitrogen and oxygen atoms in total. The number of benzene rings is 1. The predicted octanol–water partition coefficient (Wildman–Crippen LogP) is 3.81. The molecule has 0 bridgehead atoms. The monoisotopic (exact) mass is 499 g/mol. The summed E-state index contributed by atoms with van der Waals surface area (Å²) in [5.41, 5.74) is 0.408. The molecular weight excluding hydrogens is 470 g/mol. The van der Waals surface area contributed by atoms with Gasteiger partial charge in [0.25, 0.3) is 0 Å². The second-order valence-electron chi connectivity index (χ2n) is 9.00. The van der Waals surface area contributed by atoms with Gasteiger partial charge in [-0.1, -0.05) is 20.8 Å². The number of rotatable bonds is 6. The average Bonchev–Trinajstić information content (AvgIpc) is 2.54. The number of nitrogens with zero attached hydrogens (tertiary/aromatic N) is 2. The Morgan fingerprint density at radius 1 is 1.20 bits per heavy atom.